The van der Waals surface area contributed by atoms with Gasteiger partial charge in [0.2, 0.25) is 5.88 Å². The Morgan fingerprint density at radius 2 is 2.04 bits per heavy atom. The Bertz CT molecular complexity index is 818. The van der Waals surface area contributed by atoms with E-state index in [9.17, 15) is 10.2 Å². The molecule has 3 rings (SSSR count). The molecule has 2 aromatic heterocycles. The maximum absolute atomic E-state index is 10.5. The first-order valence-corrected chi connectivity index (χ1v) is 11.2. The van der Waals surface area contributed by atoms with E-state index in [2.05, 4.69) is 34.6 Å². The maximum atomic E-state index is 10.5. The lowest BCUT2D eigenvalue weighted by atomic mass is 10.1. The zero-order valence-electron chi connectivity index (χ0n) is 15.0. The van der Waals surface area contributed by atoms with Crippen LogP contribution < -0.4 is 4.74 Å². The molecule has 1 saturated heterocycles. The van der Waals surface area contributed by atoms with Gasteiger partial charge in [-0.05, 0) is 32.8 Å². The van der Waals surface area contributed by atoms with Gasteiger partial charge in [-0.3, -0.25) is 4.57 Å². The average molecular weight is 368 g/mol. The predicted octanol–water partition coefficient (Wildman–Crippen LogP) is 0.862. The monoisotopic (exact) mass is 368 g/mol. The van der Waals surface area contributed by atoms with Gasteiger partial charge in [0, 0.05) is 0 Å². The van der Waals surface area contributed by atoms with Gasteiger partial charge in [0.25, 0.3) is 0 Å². The lowest BCUT2D eigenvalue weighted by molar-refractivity contribution is -0.0353. The molecule has 25 heavy (non-hydrogen) atoms. The van der Waals surface area contributed by atoms with Crippen molar-refractivity contribution in [1.82, 2.24) is 19.5 Å². The number of aromatic nitrogens is 4. The van der Waals surface area contributed by atoms with Crippen LogP contribution in [0.15, 0.2) is 6.33 Å². The number of fused-ring (bicyclic) bond motifs is 1. The standard InChI is InChI=1S/C16H25N4O4P/c1-9-18-14-11(15(19-9)23-2)17-8-20(14)16-13(22)12(21)10(24-16)6-7-25(3,4)5/h8,10,12-13,16,21-22H,3,6-7H2,1-2,4-5H3/t10-,12-,13-,16?/m1/s1. The second-order valence-electron chi connectivity index (χ2n) is 7.10. The van der Waals surface area contributed by atoms with Gasteiger partial charge in [-0.25, -0.2) is 9.97 Å². The highest BCUT2D eigenvalue weighted by Crippen LogP contribution is 2.40. The highest BCUT2D eigenvalue weighted by atomic mass is 31.2. The van der Waals surface area contributed by atoms with Crippen molar-refractivity contribution in [3.05, 3.63) is 12.2 Å². The van der Waals surface area contributed by atoms with E-state index in [0.717, 1.165) is 6.16 Å². The summed E-state index contributed by atoms with van der Waals surface area (Å²) in [6, 6.07) is 0. The molecule has 138 valence electrons. The molecule has 0 aliphatic carbocycles. The van der Waals surface area contributed by atoms with Gasteiger partial charge in [-0.2, -0.15) is 4.98 Å². The van der Waals surface area contributed by atoms with E-state index in [-0.39, 0.29) is 0 Å². The van der Waals surface area contributed by atoms with Crippen LogP contribution in [0.1, 0.15) is 18.5 Å². The van der Waals surface area contributed by atoms with Crippen molar-refractivity contribution in [2.24, 2.45) is 0 Å². The van der Waals surface area contributed by atoms with Gasteiger partial charge in [0.05, 0.1) is 19.5 Å². The molecule has 0 spiro atoms. The first kappa shape index (κ1) is 18.3. The Morgan fingerprint density at radius 3 is 2.68 bits per heavy atom. The van der Waals surface area contributed by atoms with Crippen LogP contribution in [0.25, 0.3) is 11.2 Å². The number of aliphatic hydroxyl groups is 2. The summed E-state index contributed by atoms with van der Waals surface area (Å²) in [6.45, 7) is 4.80. The molecule has 0 amide bonds. The summed E-state index contributed by atoms with van der Waals surface area (Å²) in [6.07, 6.45) is 4.03. The Kier molecular flexibility index (Phi) is 4.90. The first-order valence-electron chi connectivity index (χ1n) is 8.15. The zero-order valence-corrected chi connectivity index (χ0v) is 15.8. The van der Waals surface area contributed by atoms with Gasteiger partial charge in [0.1, 0.15) is 18.0 Å². The molecule has 1 unspecified atom stereocenters. The van der Waals surface area contributed by atoms with Crippen LogP contribution >= 0.6 is 6.89 Å². The molecular weight excluding hydrogens is 343 g/mol. The fraction of sp³-hybridized carbons (Fsp3) is 0.625. The minimum Gasteiger partial charge on any atom is -0.479 e. The van der Waals surface area contributed by atoms with Crippen LogP contribution in [0.2, 0.25) is 0 Å². The average Bonchev–Trinajstić information content (AvgIpc) is 3.06. The van der Waals surface area contributed by atoms with E-state index in [4.69, 9.17) is 9.47 Å². The molecular formula is C16H25N4O4P. The highest BCUT2D eigenvalue weighted by Gasteiger charge is 2.44. The fourth-order valence-corrected chi connectivity index (χ4v) is 3.95. The number of aliphatic hydroxyl groups excluding tert-OH is 2. The minimum atomic E-state index is -1.23. The molecule has 1 aliphatic heterocycles. The summed E-state index contributed by atoms with van der Waals surface area (Å²) in [4.78, 5) is 12.9. The number of hydrogen-bond acceptors (Lipinski definition) is 7. The lowest BCUT2D eigenvalue weighted by Gasteiger charge is -2.18. The minimum absolute atomic E-state index is 0.370. The predicted molar refractivity (Wildman–Crippen MR) is 97.9 cm³/mol. The second-order valence-corrected chi connectivity index (χ2v) is 11.4. The number of aryl methyl sites for hydroxylation is 1. The van der Waals surface area contributed by atoms with Gasteiger partial charge in [0.15, 0.2) is 17.4 Å². The molecule has 9 heteroatoms. The van der Waals surface area contributed by atoms with Crippen molar-refractivity contribution >= 4 is 24.3 Å². The molecule has 1 aliphatic rings. The van der Waals surface area contributed by atoms with Crippen LogP contribution in [0.3, 0.4) is 0 Å². The number of methoxy groups -OCH3 is 1. The number of hydrogen-bond donors (Lipinski definition) is 2. The largest absolute Gasteiger partial charge is 0.479 e. The molecule has 2 N–H and O–H groups in total. The molecule has 3 heterocycles. The van der Waals surface area contributed by atoms with Crippen LogP contribution in [0, 0.1) is 6.92 Å². The molecule has 2 aromatic rings. The SMILES string of the molecule is C=P(C)(C)CC[C@H]1OC(n2cnc3c(OC)nc(C)nc32)[C@H](O)[C@@H]1O. The summed E-state index contributed by atoms with van der Waals surface area (Å²) in [5, 5.41) is 20.9. The van der Waals surface area contributed by atoms with Crippen LogP contribution in [-0.2, 0) is 4.74 Å². The smallest absolute Gasteiger partial charge is 0.245 e. The van der Waals surface area contributed by atoms with Crippen molar-refractivity contribution in [1.29, 1.82) is 0 Å². The summed E-state index contributed by atoms with van der Waals surface area (Å²) in [5.74, 6) is 0.897. The topological polar surface area (TPSA) is 103 Å². The second kappa shape index (κ2) is 6.68. The van der Waals surface area contributed by atoms with E-state index < -0.39 is 31.4 Å². The highest BCUT2D eigenvalue weighted by molar-refractivity contribution is 7.72. The third-order valence-corrected chi connectivity index (χ3v) is 5.79. The third kappa shape index (κ3) is 3.58. The van der Waals surface area contributed by atoms with Crippen LogP contribution in [0.4, 0.5) is 0 Å². The molecule has 1 fully saturated rings. The summed E-state index contributed by atoms with van der Waals surface area (Å²) in [5.41, 5.74) is 0.998. The summed E-state index contributed by atoms with van der Waals surface area (Å²) >= 11 is 0. The third-order valence-electron chi connectivity index (χ3n) is 4.32. The Balaban J connectivity index is 1.90. The molecule has 0 saturated carbocycles. The molecule has 4 atom stereocenters. The number of ether oxygens (including phenoxy) is 2. The number of nitrogens with zero attached hydrogens (tertiary/aromatic N) is 4. The van der Waals surface area contributed by atoms with E-state index in [1.54, 1.807) is 11.5 Å². The molecule has 0 bridgehead atoms. The van der Waals surface area contributed by atoms with Gasteiger partial charge < -0.3 is 19.7 Å². The van der Waals surface area contributed by atoms with Crippen LogP contribution in [-0.4, -0.2) is 80.9 Å². The number of rotatable bonds is 5. The molecule has 0 aromatic carbocycles. The van der Waals surface area contributed by atoms with Gasteiger partial charge in [-0.1, -0.05) is 0 Å². The first-order chi connectivity index (χ1) is 11.7. The zero-order chi connectivity index (χ0) is 18.4. The Morgan fingerprint density at radius 1 is 1.32 bits per heavy atom. The van der Waals surface area contributed by atoms with Crippen LogP contribution in [0.5, 0.6) is 5.88 Å². The summed E-state index contributed by atoms with van der Waals surface area (Å²) < 4.78 is 12.8. The van der Waals surface area contributed by atoms with Crippen molar-refractivity contribution in [3.63, 3.8) is 0 Å². The van der Waals surface area contributed by atoms with E-state index >= 15 is 0 Å². The van der Waals surface area contributed by atoms with E-state index in [1.165, 1.54) is 13.4 Å². The van der Waals surface area contributed by atoms with Crippen molar-refractivity contribution in [2.45, 2.75) is 37.9 Å². The Hall–Kier alpha value is -1.47. The molecule has 0 radical (unpaired) electrons. The van der Waals surface area contributed by atoms with Crippen molar-refractivity contribution < 1.29 is 19.7 Å². The summed E-state index contributed by atoms with van der Waals surface area (Å²) in [7, 11) is 1.52. The lowest BCUT2D eigenvalue weighted by Crippen LogP contribution is -2.31. The fourth-order valence-electron chi connectivity index (χ4n) is 3.00. The maximum Gasteiger partial charge on any atom is 0.245 e. The quantitative estimate of drug-likeness (QED) is 0.755. The van der Waals surface area contributed by atoms with Crippen molar-refractivity contribution in [3.8, 4) is 5.88 Å². The van der Waals surface area contributed by atoms with E-state index in [0.29, 0.717) is 29.3 Å². The Labute approximate surface area is 146 Å². The van der Waals surface area contributed by atoms with Gasteiger partial charge >= 0.3 is 0 Å². The van der Waals surface area contributed by atoms with Gasteiger partial charge in [-0.15, -0.1) is 13.2 Å². The van der Waals surface area contributed by atoms with E-state index in [1.807, 2.05) is 0 Å². The number of imidazole rings is 1. The van der Waals surface area contributed by atoms with Crippen molar-refractivity contribution in [2.75, 3.05) is 26.6 Å². The normalized spacial score (nSPS) is 27.1. The molecule has 8 nitrogen and oxygen atoms in total.